The van der Waals surface area contributed by atoms with E-state index in [4.69, 9.17) is 10.2 Å². The van der Waals surface area contributed by atoms with E-state index in [0.29, 0.717) is 0 Å². The van der Waals surface area contributed by atoms with E-state index in [1.165, 1.54) is 24.3 Å². The third-order valence-corrected chi connectivity index (χ3v) is 1.39. The zero-order chi connectivity index (χ0) is 9.14. The second-order valence-corrected chi connectivity index (χ2v) is 2.16. The van der Waals surface area contributed by atoms with Crippen molar-refractivity contribution in [2.24, 2.45) is 0 Å². The molecule has 6 heteroatoms. The minimum absolute atomic E-state index is 0. The van der Waals surface area contributed by atoms with Crippen LogP contribution >= 0.6 is 0 Å². The molecule has 14 heavy (non-hydrogen) atoms. The second-order valence-electron chi connectivity index (χ2n) is 2.16. The summed E-state index contributed by atoms with van der Waals surface area (Å²) in [5.41, 5.74) is -0.380. The van der Waals surface area contributed by atoms with E-state index in [0.717, 1.165) is 0 Å². The van der Waals surface area contributed by atoms with Crippen LogP contribution in [0.4, 0.5) is 0 Å². The standard InChI is InChI=1S/C8H6O4.Ba.Sr.4H/c9-7(10)5-3-1-2-4-6(5)8(11)12;;;;;;/h1-4H,(H,9,10)(H,11,12);;;;;;. The summed E-state index contributed by atoms with van der Waals surface area (Å²) in [6.07, 6.45) is 0. The van der Waals surface area contributed by atoms with Gasteiger partial charge in [0.25, 0.3) is 0 Å². The first-order chi connectivity index (χ1) is 5.63. The van der Waals surface area contributed by atoms with E-state index in [1.54, 1.807) is 0 Å². The van der Waals surface area contributed by atoms with Crippen LogP contribution in [0.2, 0.25) is 0 Å². The maximum absolute atomic E-state index is 10.5. The second kappa shape index (κ2) is 8.37. The molecule has 1 rings (SSSR count). The molecule has 0 aliphatic heterocycles. The Morgan fingerprint density at radius 2 is 1.21 bits per heavy atom. The van der Waals surface area contributed by atoms with Crippen molar-refractivity contribution in [1.29, 1.82) is 0 Å². The zero-order valence-electron chi connectivity index (χ0n) is 6.02. The first kappa shape index (κ1) is 17.6. The summed E-state index contributed by atoms with van der Waals surface area (Å²) in [5, 5.41) is 17.1. The Balaban J connectivity index is 0. The van der Waals surface area contributed by atoms with Gasteiger partial charge in [-0.05, 0) is 12.1 Å². The monoisotopic (exact) mass is 396 g/mol. The molecule has 0 aromatic heterocycles. The van der Waals surface area contributed by atoms with Gasteiger partial charge in [0, 0.05) is 0 Å². The van der Waals surface area contributed by atoms with Crippen LogP contribution in [0.3, 0.4) is 0 Å². The molecule has 70 valence electrons. The maximum atomic E-state index is 10.5. The van der Waals surface area contributed by atoms with Crippen molar-refractivity contribution < 1.29 is 19.8 Å². The van der Waals surface area contributed by atoms with Crippen molar-refractivity contribution >= 4 is 106 Å². The van der Waals surface area contributed by atoms with Gasteiger partial charge < -0.3 is 10.2 Å². The summed E-state index contributed by atoms with van der Waals surface area (Å²) in [5.74, 6) is -2.46. The Morgan fingerprint density at radius 3 is 1.43 bits per heavy atom. The summed E-state index contributed by atoms with van der Waals surface area (Å²) in [6, 6.07) is 5.48. The molecule has 0 aliphatic carbocycles. The summed E-state index contributed by atoms with van der Waals surface area (Å²) in [4.78, 5) is 20.9. The van der Waals surface area contributed by atoms with E-state index in [1.807, 2.05) is 0 Å². The Labute approximate surface area is 158 Å². The number of carboxylic acids is 2. The fraction of sp³-hybridized carbons (Fsp3) is 0. The van der Waals surface area contributed by atoms with Gasteiger partial charge >= 0.3 is 106 Å². The molecule has 1 aromatic rings. The molecular weight excluding hydrogens is 385 g/mol. The summed E-state index contributed by atoms with van der Waals surface area (Å²) in [7, 11) is 0. The summed E-state index contributed by atoms with van der Waals surface area (Å²) >= 11 is 0. The van der Waals surface area contributed by atoms with Gasteiger partial charge in [0.1, 0.15) is 0 Å². The average Bonchev–Trinajstić information content (AvgIpc) is 2.04. The fourth-order valence-electron chi connectivity index (χ4n) is 0.856. The van der Waals surface area contributed by atoms with Crippen LogP contribution in [-0.4, -0.2) is 117 Å². The summed E-state index contributed by atoms with van der Waals surface area (Å²) in [6.45, 7) is 0. The number of aromatic carboxylic acids is 2. The van der Waals surface area contributed by atoms with Crippen LogP contribution < -0.4 is 0 Å². The zero-order valence-corrected chi connectivity index (χ0v) is 6.02. The molecule has 4 nitrogen and oxygen atoms in total. The van der Waals surface area contributed by atoms with Crippen LogP contribution in [0, 0.1) is 0 Å². The molecule has 0 unspecified atom stereocenters. The number of carboxylic acid groups (broad SMARTS) is 2. The van der Waals surface area contributed by atoms with E-state index in [2.05, 4.69) is 0 Å². The van der Waals surface area contributed by atoms with Crippen molar-refractivity contribution in [2.45, 2.75) is 0 Å². The number of benzene rings is 1. The molecule has 0 bridgehead atoms. The van der Waals surface area contributed by atoms with E-state index >= 15 is 0 Å². The molecule has 0 amide bonds. The molecule has 1 aromatic carbocycles. The van der Waals surface area contributed by atoms with Crippen molar-refractivity contribution in [3.8, 4) is 0 Å². The first-order valence-corrected chi connectivity index (χ1v) is 3.18. The molecule has 2 N–H and O–H groups in total. The normalized spacial score (nSPS) is 8.00. The third kappa shape index (κ3) is 4.82. The number of carbonyl (C=O) groups is 2. The van der Waals surface area contributed by atoms with E-state index in [-0.39, 0.29) is 105 Å². The Kier molecular flexibility index (Phi) is 10.5. The van der Waals surface area contributed by atoms with Crippen molar-refractivity contribution in [3.63, 3.8) is 0 Å². The van der Waals surface area contributed by atoms with Gasteiger partial charge in [-0.1, -0.05) is 12.1 Å². The number of hydrogen-bond donors (Lipinski definition) is 2. The van der Waals surface area contributed by atoms with Gasteiger partial charge in [-0.15, -0.1) is 0 Å². The number of hydrogen-bond acceptors (Lipinski definition) is 2. The van der Waals surface area contributed by atoms with E-state index in [9.17, 15) is 9.59 Å². The van der Waals surface area contributed by atoms with Gasteiger partial charge in [0.05, 0.1) is 11.1 Å². The van der Waals surface area contributed by atoms with Crippen LogP contribution in [0.25, 0.3) is 0 Å². The third-order valence-electron chi connectivity index (χ3n) is 1.39. The minimum atomic E-state index is -1.23. The molecule has 0 atom stereocenters. The quantitative estimate of drug-likeness (QED) is 0.647. The first-order valence-electron chi connectivity index (χ1n) is 3.18. The van der Waals surface area contributed by atoms with Crippen LogP contribution in [0.15, 0.2) is 24.3 Å². The molecule has 0 fully saturated rings. The van der Waals surface area contributed by atoms with Crippen molar-refractivity contribution in [1.82, 2.24) is 0 Å². The molecule has 0 saturated heterocycles. The van der Waals surface area contributed by atoms with Gasteiger partial charge in [-0.3, -0.25) is 0 Å². The Bertz CT molecular complexity index is 307. The molecule has 0 saturated carbocycles. The van der Waals surface area contributed by atoms with Gasteiger partial charge in [0.15, 0.2) is 0 Å². The Hall–Kier alpha value is 1.21. The van der Waals surface area contributed by atoms with Crippen molar-refractivity contribution in [3.05, 3.63) is 35.4 Å². The molecular formula is C8H10BaO4Sr. The molecule has 0 radical (unpaired) electrons. The van der Waals surface area contributed by atoms with Crippen LogP contribution in [0.1, 0.15) is 20.7 Å². The van der Waals surface area contributed by atoms with Gasteiger partial charge in [-0.25, -0.2) is 9.59 Å². The topological polar surface area (TPSA) is 74.6 Å². The molecule has 0 heterocycles. The Morgan fingerprint density at radius 1 is 0.929 bits per heavy atom. The van der Waals surface area contributed by atoms with Gasteiger partial charge in [0.2, 0.25) is 0 Å². The predicted octanol–water partition coefficient (Wildman–Crippen LogP) is -0.749. The van der Waals surface area contributed by atoms with Crippen LogP contribution in [0.5, 0.6) is 0 Å². The fourth-order valence-corrected chi connectivity index (χ4v) is 0.856. The average molecular weight is 395 g/mol. The molecule has 0 spiro atoms. The predicted molar refractivity (Wildman–Crippen MR) is 57.4 cm³/mol. The van der Waals surface area contributed by atoms with Crippen molar-refractivity contribution in [2.75, 3.05) is 0 Å². The van der Waals surface area contributed by atoms with Crippen LogP contribution in [-0.2, 0) is 0 Å². The SMILES string of the molecule is O=C(O)c1ccccc1C(=O)O.[BaH2].[SrH2]. The summed E-state index contributed by atoms with van der Waals surface area (Å²) < 4.78 is 0. The number of rotatable bonds is 2. The van der Waals surface area contributed by atoms with E-state index < -0.39 is 11.9 Å². The molecule has 0 aliphatic rings. The van der Waals surface area contributed by atoms with Gasteiger partial charge in [-0.2, -0.15) is 0 Å².